The molecule has 0 aliphatic carbocycles. The van der Waals surface area contributed by atoms with Crippen LogP contribution in [-0.2, 0) is 9.84 Å². The lowest BCUT2D eigenvalue weighted by molar-refractivity contribution is 0.209. The molecular formula is C19H20F2N2O3S. The molecular weight excluding hydrogens is 374 g/mol. The van der Waals surface area contributed by atoms with E-state index in [0.29, 0.717) is 11.6 Å². The van der Waals surface area contributed by atoms with Crippen molar-refractivity contribution in [3.05, 3.63) is 54.1 Å². The first-order chi connectivity index (χ1) is 12.7. The molecule has 3 rings (SSSR count). The van der Waals surface area contributed by atoms with Crippen LogP contribution in [0.3, 0.4) is 0 Å². The average Bonchev–Trinajstić information content (AvgIpc) is 2.74. The van der Waals surface area contributed by atoms with Gasteiger partial charge >= 0.3 is 6.03 Å². The number of anilines is 1. The van der Waals surface area contributed by atoms with Crippen molar-refractivity contribution in [2.45, 2.75) is 6.92 Å². The Morgan fingerprint density at radius 2 is 1.89 bits per heavy atom. The molecule has 1 fully saturated rings. The van der Waals surface area contributed by atoms with Gasteiger partial charge in [0, 0.05) is 24.7 Å². The highest BCUT2D eigenvalue weighted by molar-refractivity contribution is 7.91. The van der Waals surface area contributed by atoms with E-state index >= 15 is 0 Å². The second-order valence-corrected chi connectivity index (χ2v) is 9.00. The number of hydrogen-bond acceptors (Lipinski definition) is 3. The summed E-state index contributed by atoms with van der Waals surface area (Å²) in [7, 11) is -3.22. The minimum absolute atomic E-state index is 0.0109. The summed E-state index contributed by atoms with van der Waals surface area (Å²) in [5.74, 6) is -1.99. The summed E-state index contributed by atoms with van der Waals surface area (Å²) in [4.78, 5) is 14.0. The van der Waals surface area contributed by atoms with Crippen LogP contribution in [0.15, 0.2) is 42.5 Å². The van der Waals surface area contributed by atoms with Crippen LogP contribution in [0.2, 0.25) is 0 Å². The molecule has 1 saturated heterocycles. The second-order valence-electron chi connectivity index (χ2n) is 6.77. The van der Waals surface area contributed by atoms with E-state index in [9.17, 15) is 22.0 Å². The maximum absolute atomic E-state index is 14.4. The van der Waals surface area contributed by atoms with Gasteiger partial charge in [-0.2, -0.15) is 0 Å². The summed E-state index contributed by atoms with van der Waals surface area (Å²) in [6.07, 6.45) is 0. The SMILES string of the molecule is C[C@H]1CN(C(=O)Nc2c(F)cc(F)cc2-c2ccccc2)CCS(=O)(=O)C1. The zero-order valence-electron chi connectivity index (χ0n) is 14.8. The van der Waals surface area contributed by atoms with Gasteiger partial charge in [-0.3, -0.25) is 0 Å². The second kappa shape index (κ2) is 7.64. The number of sulfone groups is 1. The molecule has 1 aliphatic rings. The van der Waals surface area contributed by atoms with Gasteiger partial charge in [0.05, 0.1) is 17.2 Å². The van der Waals surface area contributed by atoms with Gasteiger partial charge in [0.1, 0.15) is 11.6 Å². The van der Waals surface area contributed by atoms with Gasteiger partial charge < -0.3 is 10.2 Å². The topological polar surface area (TPSA) is 66.5 Å². The Hall–Kier alpha value is -2.48. The molecule has 8 heteroatoms. The van der Waals surface area contributed by atoms with E-state index in [1.54, 1.807) is 37.3 Å². The first-order valence-corrected chi connectivity index (χ1v) is 10.4. The Morgan fingerprint density at radius 3 is 2.59 bits per heavy atom. The van der Waals surface area contributed by atoms with Crippen molar-refractivity contribution in [3.63, 3.8) is 0 Å². The number of halogens is 2. The fraction of sp³-hybridized carbons (Fsp3) is 0.316. The molecule has 0 spiro atoms. The summed E-state index contributed by atoms with van der Waals surface area (Å²) >= 11 is 0. The predicted octanol–water partition coefficient (Wildman–Crippen LogP) is 3.53. The van der Waals surface area contributed by atoms with Crippen LogP contribution in [-0.4, -0.2) is 43.9 Å². The van der Waals surface area contributed by atoms with E-state index < -0.39 is 27.5 Å². The quantitative estimate of drug-likeness (QED) is 0.847. The number of benzene rings is 2. The zero-order chi connectivity index (χ0) is 19.6. The van der Waals surface area contributed by atoms with E-state index in [0.717, 1.165) is 6.07 Å². The fourth-order valence-electron chi connectivity index (χ4n) is 3.20. The standard InChI is InChI=1S/C19H20F2N2O3S/c1-13-11-23(7-8-27(25,26)12-13)19(24)22-18-16(9-15(20)10-17(18)21)14-5-3-2-4-6-14/h2-6,9-10,13H,7-8,11-12H2,1H3,(H,22,24)/t13-/m0/s1. The first-order valence-electron chi connectivity index (χ1n) is 8.56. The Kier molecular flexibility index (Phi) is 5.46. The third kappa shape index (κ3) is 4.63. The van der Waals surface area contributed by atoms with Crippen molar-refractivity contribution < 1.29 is 22.0 Å². The zero-order valence-corrected chi connectivity index (χ0v) is 15.6. The number of carbonyl (C=O) groups excluding carboxylic acids is 1. The third-order valence-corrected chi connectivity index (χ3v) is 6.28. The largest absolute Gasteiger partial charge is 0.323 e. The van der Waals surface area contributed by atoms with E-state index in [1.807, 2.05) is 0 Å². The summed E-state index contributed by atoms with van der Waals surface area (Å²) in [6.45, 7) is 2.02. The maximum Gasteiger partial charge on any atom is 0.321 e. The molecule has 2 aromatic carbocycles. The van der Waals surface area contributed by atoms with Crippen molar-refractivity contribution in [1.82, 2.24) is 4.90 Å². The highest BCUT2D eigenvalue weighted by Crippen LogP contribution is 2.31. The molecule has 144 valence electrons. The lowest BCUT2D eigenvalue weighted by atomic mass is 10.0. The molecule has 1 aliphatic heterocycles. The minimum atomic E-state index is -3.22. The molecule has 2 amide bonds. The van der Waals surface area contributed by atoms with Gasteiger partial charge in [-0.1, -0.05) is 37.3 Å². The highest BCUT2D eigenvalue weighted by atomic mass is 32.2. The number of hydrogen-bond donors (Lipinski definition) is 1. The Balaban J connectivity index is 1.90. The smallest absolute Gasteiger partial charge is 0.321 e. The molecule has 0 aromatic heterocycles. The van der Waals surface area contributed by atoms with Crippen LogP contribution in [0.4, 0.5) is 19.3 Å². The lowest BCUT2D eigenvalue weighted by Crippen LogP contribution is -2.38. The van der Waals surface area contributed by atoms with Crippen LogP contribution >= 0.6 is 0 Å². The molecule has 0 saturated carbocycles. The Morgan fingerprint density at radius 1 is 1.19 bits per heavy atom. The minimum Gasteiger partial charge on any atom is -0.323 e. The van der Waals surface area contributed by atoms with Gasteiger partial charge in [-0.05, 0) is 17.5 Å². The van der Waals surface area contributed by atoms with E-state index in [1.165, 1.54) is 4.90 Å². The maximum atomic E-state index is 14.4. The normalized spacial score (nSPS) is 19.4. The van der Waals surface area contributed by atoms with Gasteiger partial charge in [0.25, 0.3) is 0 Å². The van der Waals surface area contributed by atoms with E-state index in [-0.39, 0.29) is 41.8 Å². The Bertz CT molecular complexity index is 949. The number of nitrogens with one attached hydrogen (secondary N) is 1. The number of nitrogens with zero attached hydrogens (tertiary/aromatic N) is 1. The summed E-state index contributed by atoms with van der Waals surface area (Å²) in [6, 6.07) is 9.85. The predicted molar refractivity (Wildman–Crippen MR) is 100 cm³/mol. The number of rotatable bonds is 2. The molecule has 0 bridgehead atoms. The van der Waals surface area contributed by atoms with Crippen LogP contribution in [0.5, 0.6) is 0 Å². The van der Waals surface area contributed by atoms with Crippen molar-refractivity contribution in [1.29, 1.82) is 0 Å². The number of carbonyl (C=O) groups is 1. The first kappa shape index (κ1) is 19.3. The van der Waals surface area contributed by atoms with Crippen molar-refractivity contribution in [2.24, 2.45) is 5.92 Å². The monoisotopic (exact) mass is 394 g/mol. The molecule has 27 heavy (non-hydrogen) atoms. The van der Waals surface area contributed by atoms with Gasteiger partial charge in [-0.15, -0.1) is 0 Å². The van der Waals surface area contributed by atoms with Gasteiger partial charge in [-0.25, -0.2) is 22.0 Å². The van der Waals surface area contributed by atoms with Gasteiger partial charge in [0.15, 0.2) is 9.84 Å². The molecule has 0 radical (unpaired) electrons. The van der Waals surface area contributed by atoms with E-state index in [2.05, 4.69) is 5.32 Å². The average molecular weight is 394 g/mol. The molecule has 2 aromatic rings. The highest BCUT2D eigenvalue weighted by Gasteiger charge is 2.28. The number of amides is 2. The summed E-state index contributed by atoms with van der Waals surface area (Å²) in [5, 5.41) is 2.50. The lowest BCUT2D eigenvalue weighted by Gasteiger charge is -2.23. The van der Waals surface area contributed by atoms with Gasteiger partial charge in [0.2, 0.25) is 0 Å². The third-order valence-electron chi connectivity index (χ3n) is 4.40. The molecule has 1 heterocycles. The molecule has 1 atom stereocenters. The van der Waals surface area contributed by atoms with E-state index in [4.69, 9.17) is 0 Å². The Labute approximate surface area is 156 Å². The van der Waals surface area contributed by atoms with Crippen molar-refractivity contribution >= 4 is 21.6 Å². The molecule has 5 nitrogen and oxygen atoms in total. The van der Waals surface area contributed by atoms with Crippen LogP contribution in [0, 0.1) is 17.6 Å². The molecule has 0 unspecified atom stereocenters. The van der Waals surface area contributed by atoms with Crippen molar-refractivity contribution in [3.8, 4) is 11.1 Å². The molecule has 1 N–H and O–H groups in total. The summed E-state index contributed by atoms with van der Waals surface area (Å²) in [5.41, 5.74) is 0.641. The van der Waals surface area contributed by atoms with Crippen LogP contribution < -0.4 is 5.32 Å². The van der Waals surface area contributed by atoms with Crippen molar-refractivity contribution in [2.75, 3.05) is 29.9 Å². The fourth-order valence-corrected chi connectivity index (χ4v) is 4.84. The summed E-state index contributed by atoms with van der Waals surface area (Å²) < 4.78 is 51.9. The van der Waals surface area contributed by atoms with Crippen LogP contribution in [0.1, 0.15) is 6.92 Å². The number of urea groups is 1. The van der Waals surface area contributed by atoms with Crippen LogP contribution in [0.25, 0.3) is 11.1 Å².